The molecule has 0 spiro atoms. The molecule has 0 unspecified atom stereocenters. The molecule has 0 bridgehead atoms. The molecule has 2 aromatic heterocycles. The molecule has 4 rings (SSSR count). The number of hydrogen-bond acceptors (Lipinski definition) is 6. The Morgan fingerprint density at radius 3 is 2.83 bits per heavy atom. The van der Waals surface area contributed by atoms with Crippen LogP contribution in [0.25, 0.3) is 11.3 Å². The Kier molecular flexibility index (Phi) is 5.73. The van der Waals surface area contributed by atoms with Gasteiger partial charge >= 0.3 is 0 Å². The first-order valence-corrected chi connectivity index (χ1v) is 9.93. The van der Waals surface area contributed by atoms with Gasteiger partial charge in [0.15, 0.2) is 5.11 Å². The second kappa shape index (κ2) is 8.60. The number of aliphatic hydroxyl groups is 1. The van der Waals surface area contributed by atoms with Crippen LogP contribution in [0.2, 0.25) is 0 Å². The number of nitro groups is 1. The summed E-state index contributed by atoms with van der Waals surface area (Å²) >= 11 is 5.54. The van der Waals surface area contributed by atoms with E-state index in [9.17, 15) is 15.2 Å². The van der Waals surface area contributed by atoms with E-state index in [0.717, 1.165) is 5.69 Å². The number of benzene rings is 1. The third-order valence-electron chi connectivity index (χ3n) is 5.01. The average molecular weight is 424 g/mol. The van der Waals surface area contributed by atoms with Crippen LogP contribution in [0.1, 0.15) is 30.0 Å². The number of nitrogens with one attached hydrogen (secondary N) is 1. The Morgan fingerprint density at radius 2 is 2.10 bits per heavy atom. The molecule has 9 heteroatoms. The molecule has 0 aliphatic carbocycles. The molecule has 1 aliphatic rings. The van der Waals surface area contributed by atoms with Crippen molar-refractivity contribution in [1.82, 2.24) is 15.2 Å². The predicted octanol–water partition coefficient (Wildman–Crippen LogP) is 3.60. The Morgan fingerprint density at radius 1 is 1.23 bits per heavy atom. The molecule has 0 amide bonds. The summed E-state index contributed by atoms with van der Waals surface area (Å²) in [5.74, 6) is 1.20. The number of non-ortho nitro benzene ring substituents is 1. The van der Waals surface area contributed by atoms with Crippen molar-refractivity contribution in [3.8, 4) is 11.3 Å². The van der Waals surface area contributed by atoms with Crippen LogP contribution in [0.5, 0.6) is 0 Å². The normalized spacial score (nSPS) is 18.4. The van der Waals surface area contributed by atoms with Gasteiger partial charge in [0.05, 0.1) is 16.7 Å². The van der Waals surface area contributed by atoms with E-state index in [-0.39, 0.29) is 24.4 Å². The van der Waals surface area contributed by atoms with Crippen molar-refractivity contribution in [3.63, 3.8) is 0 Å². The molecular weight excluding hydrogens is 404 g/mol. The maximum absolute atomic E-state index is 11.1. The number of rotatable bonds is 7. The minimum atomic E-state index is -0.430. The average Bonchev–Trinajstić information content (AvgIpc) is 3.37. The van der Waals surface area contributed by atoms with Crippen molar-refractivity contribution in [2.75, 3.05) is 13.2 Å². The van der Waals surface area contributed by atoms with E-state index in [1.54, 1.807) is 24.4 Å². The lowest BCUT2D eigenvalue weighted by Crippen LogP contribution is -2.30. The van der Waals surface area contributed by atoms with Gasteiger partial charge in [0, 0.05) is 37.0 Å². The van der Waals surface area contributed by atoms with Gasteiger partial charge in [0.1, 0.15) is 17.6 Å². The van der Waals surface area contributed by atoms with E-state index < -0.39 is 4.92 Å². The van der Waals surface area contributed by atoms with Gasteiger partial charge in [-0.25, -0.2) is 0 Å². The van der Waals surface area contributed by atoms with Crippen molar-refractivity contribution >= 4 is 23.0 Å². The molecular formula is C21H20N4O4S. The van der Waals surface area contributed by atoms with Crippen LogP contribution >= 0.6 is 12.2 Å². The largest absolute Gasteiger partial charge is 0.459 e. The monoisotopic (exact) mass is 424 g/mol. The highest BCUT2D eigenvalue weighted by Gasteiger charge is 2.41. The Labute approximate surface area is 178 Å². The van der Waals surface area contributed by atoms with Gasteiger partial charge in [-0.2, -0.15) is 0 Å². The quantitative estimate of drug-likeness (QED) is 0.337. The Balaban J connectivity index is 1.71. The van der Waals surface area contributed by atoms with Crippen molar-refractivity contribution in [1.29, 1.82) is 0 Å². The van der Waals surface area contributed by atoms with E-state index >= 15 is 0 Å². The minimum absolute atomic E-state index is 0.00472. The van der Waals surface area contributed by atoms with Gasteiger partial charge < -0.3 is 19.7 Å². The second-order valence-corrected chi connectivity index (χ2v) is 7.29. The molecule has 1 aromatic carbocycles. The maximum Gasteiger partial charge on any atom is 0.270 e. The molecule has 1 fully saturated rings. The summed E-state index contributed by atoms with van der Waals surface area (Å²) in [6.07, 6.45) is 2.29. The molecule has 2 atom stereocenters. The highest BCUT2D eigenvalue weighted by atomic mass is 32.1. The lowest BCUT2D eigenvalue weighted by molar-refractivity contribution is -0.384. The molecule has 1 saturated heterocycles. The van der Waals surface area contributed by atoms with Crippen molar-refractivity contribution in [2.24, 2.45) is 0 Å². The first-order chi connectivity index (χ1) is 14.6. The van der Waals surface area contributed by atoms with Gasteiger partial charge in [-0.05, 0) is 42.9 Å². The number of hydrogen-bond donors (Lipinski definition) is 2. The number of pyridine rings is 1. The first kappa shape index (κ1) is 20.0. The van der Waals surface area contributed by atoms with Crippen LogP contribution in [0.4, 0.5) is 5.69 Å². The first-order valence-electron chi connectivity index (χ1n) is 9.52. The summed E-state index contributed by atoms with van der Waals surface area (Å²) < 4.78 is 6.14. The molecule has 0 saturated carbocycles. The third-order valence-corrected chi connectivity index (χ3v) is 5.37. The minimum Gasteiger partial charge on any atom is -0.459 e. The van der Waals surface area contributed by atoms with Crippen LogP contribution in [0.3, 0.4) is 0 Å². The summed E-state index contributed by atoms with van der Waals surface area (Å²) in [5.41, 5.74) is 1.45. The van der Waals surface area contributed by atoms with Crippen molar-refractivity contribution < 1.29 is 14.4 Å². The smallest absolute Gasteiger partial charge is 0.270 e. The van der Waals surface area contributed by atoms with E-state index in [0.29, 0.717) is 35.2 Å². The zero-order valence-electron chi connectivity index (χ0n) is 16.0. The summed E-state index contributed by atoms with van der Waals surface area (Å²) in [6, 6.07) is 15.2. The van der Waals surface area contributed by atoms with Crippen LogP contribution in [-0.2, 0) is 0 Å². The number of furan rings is 1. The van der Waals surface area contributed by atoms with Crippen LogP contribution < -0.4 is 5.32 Å². The summed E-state index contributed by atoms with van der Waals surface area (Å²) in [7, 11) is 0. The fourth-order valence-electron chi connectivity index (χ4n) is 3.64. The van der Waals surface area contributed by atoms with Crippen molar-refractivity contribution in [3.05, 3.63) is 82.4 Å². The Hall–Kier alpha value is -3.30. The highest BCUT2D eigenvalue weighted by Crippen LogP contribution is 2.40. The molecule has 3 aromatic rings. The molecule has 3 heterocycles. The van der Waals surface area contributed by atoms with Gasteiger partial charge in [-0.3, -0.25) is 15.1 Å². The molecule has 1 aliphatic heterocycles. The van der Waals surface area contributed by atoms with E-state index in [4.69, 9.17) is 16.6 Å². The molecule has 30 heavy (non-hydrogen) atoms. The highest BCUT2D eigenvalue weighted by molar-refractivity contribution is 7.80. The van der Waals surface area contributed by atoms with E-state index in [1.807, 2.05) is 29.2 Å². The summed E-state index contributed by atoms with van der Waals surface area (Å²) in [6.45, 7) is 0.611. The van der Waals surface area contributed by atoms with Gasteiger partial charge in [0.25, 0.3) is 5.69 Å². The number of aliphatic hydroxyl groups excluding tert-OH is 1. The van der Waals surface area contributed by atoms with Crippen LogP contribution in [-0.4, -0.2) is 38.2 Å². The molecule has 154 valence electrons. The van der Waals surface area contributed by atoms with Crippen LogP contribution in [0.15, 0.2) is 65.2 Å². The zero-order valence-corrected chi connectivity index (χ0v) is 16.8. The summed E-state index contributed by atoms with van der Waals surface area (Å²) in [4.78, 5) is 17.1. The third kappa shape index (κ3) is 3.89. The van der Waals surface area contributed by atoms with Gasteiger partial charge in [0.2, 0.25) is 0 Å². The van der Waals surface area contributed by atoms with Gasteiger partial charge in [-0.1, -0.05) is 18.2 Å². The van der Waals surface area contributed by atoms with E-state index in [1.165, 1.54) is 12.1 Å². The fraction of sp³-hybridized carbons (Fsp3) is 0.238. The number of nitrogens with zero attached hydrogens (tertiary/aromatic N) is 3. The lowest BCUT2D eigenvalue weighted by atomic mass is 10.0. The molecule has 2 N–H and O–H groups in total. The number of thiocarbonyl (C=S) groups is 1. The van der Waals surface area contributed by atoms with Gasteiger partial charge in [-0.15, -0.1) is 0 Å². The molecule has 8 nitrogen and oxygen atoms in total. The SMILES string of the molecule is O=[N+]([O-])c1cccc(-c2ccc([C@H]3[C@@H](c4ccccn4)NC(=S)N3CCCO)o2)c1. The summed E-state index contributed by atoms with van der Waals surface area (Å²) in [5, 5.41) is 24.3. The van der Waals surface area contributed by atoms with E-state index in [2.05, 4.69) is 10.3 Å². The second-order valence-electron chi connectivity index (χ2n) is 6.91. The fourth-order valence-corrected chi connectivity index (χ4v) is 3.97. The molecule has 0 radical (unpaired) electrons. The maximum atomic E-state index is 11.1. The zero-order chi connectivity index (χ0) is 21.1. The lowest BCUT2D eigenvalue weighted by Gasteiger charge is -2.25. The number of aromatic nitrogens is 1. The predicted molar refractivity (Wildman–Crippen MR) is 115 cm³/mol. The standard InChI is InChI=1S/C21H20N4O4S/c26-12-4-11-24-20(19(23-21(24)30)16-7-1-2-10-22-16)18-9-8-17(29-18)14-5-3-6-15(13-14)25(27)28/h1-3,5-10,13,19-20,26H,4,11-12H2,(H,23,30)/t19-,20+/m1/s1. The number of nitro benzene ring substituents is 1. The Bertz CT molecular complexity index is 1060. The van der Waals surface area contributed by atoms with Crippen LogP contribution in [0, 0.1) is 10.1 Å². The topological polar surface area (TPSA) is 105 Å². The van der Waals surface area contributed by atoms with Crippen molar-refractivity contribution in [2.45, 2.75) is 18.5 Å².